The molecule has 3 aliphatic rings. The number of carbonyl (C=O) groups is 1. The summed E-state index contributed by atoms with van der Waals surface area (Å²) in [5, 5.41) is 4.31. The lowest BCUT2D eigenvalue weighted by molar-refractivity contribution is -0.121. The van der Waals surface area contributed by atoms with Gasteiger partial charge in [0.2, 0.25) is 5.95 Å². The van der Waals surface area contributed by atoms with Crippen LogP contribution >= 0.6 is 11.6 Å². The van der Waals surface area contributed by atoms with Gasteiger partial charge in [0.25, 0.3) is 11.5 Å². The van der Waals surface area contributed by atoms with Gasteiger partial charge in [-0.1, -0.05) is 23.8 Å². The van der Waals surface area contributed by atoms with Crippen LogP contribution in [0, 0.1) is 0 Å². The monoisotopic (exact) mass is 586 g/mol. The Morgan fingerprint density at radius 3 is 2.67 bits per heavy atom. The zero-order valence-corrected chi connectivity index (χ0v) is 24.0. The Morgan fingerprint density at radius 1 is 0.976 bits per heavy atom. The van der Waals surface area contributed by atoms with E-state index in [9.17, 15) is 9.59 Å². The number of halogens is 1. The largest absolute Gasteiger partial charge is 0.482 e. The quantitative estimate of drug-likeness (QED) is 0.362. The molecule has 0 aliphatic carbocycles. The molecule has 2 bridgehead atoms. The maximum atomic E-state index is 13.6. The van der Waals surface area contributed by atoms with Crippen LogP contribution in [0.4, 0.5) is 23.0 Å². The Kier molecular flexibility index (Phi) is 6.83. The summed E-state index contributed by atoms with van der Waals surface area (Å²) < 4.78 is 9.14. The molecule has 0 saturated carbocycles. The number of fused-ring (bicyclic) bond motifs is 5. The lowest BCUT2D eigenvalue weighted by Gasteiger charge is -2.34. The molecule has 1 N–H and O–H groups in total. The molecule has 7 rings (SSSR count). The molecule has 2 aromatic heterocycles. The van der Waals surface area contributed by atoms with Gasteiger partial charge in [-0.2, -0.15) is 4.98 Å². The highest BCUT2D eigenvalue weighted by Crippen LogP contribution is 2.35. The van der Waals surface area contributed by atoms with E-state index >= 15 is 0 Å². The van der Waals surface area contributed by atoms with Crippen molar-refractivity contribution in [3.8, 4) is 11.4 Å². The average molecular weight is 587 g/mol. The number of amides is 1. The molecular weight excluding hydrogens is 556 g/mol. The number of aromatic nitrogens is 4. The van der Waals surface area contributed by atoms with Gasteiger partial charge in [0.1, 0.15) is 11.1 Å². The van der Waals surface area contributed by atoms with E-state index < -0.39 is 0 Å². The van der Waals surface area contributed by atoms with Crippen molar-refractivity contribution in [2.75, 3.05) is 61.5 Å². The van der Waals surface area contributed by atoms with Crippen molar-refractivity contribution in [1.29, 1.82) is 0 Å². The third-order valence-corrected chi connectivity index (χ3v) is 8.35. The van der Waals surface area contributed by atoms with Crippen molar-refractivity contribution in [2.45, 2.75) is 19.4 Å². The van der Waals surface area contributed by atoms with Crippen LogP contribution in [-0.2, 0) is 11.3 Å². The Labute approximate surface area is 247 Å². The van der Waals surface area contributed by atoms with Crippen LogP contribution in [0.1, 0.15) is 12.8 Å². The van der Waals surface area contributed by atoms with Crippen molar-refractivity contribution in [3.63, 3.8) is 0 Å². The lowest BCUT2D eigenvalue weighted by Crippen LogP contribution is -2.44. The first-order chi connectivity index (χ1) is 20.5. The first kappa shape index (κ1) is 26.5. The highest BCUT2D eigenvalue weighted by Gasteiger charge is 2.27. The van der Waals surface area contributed by atoms with E-state index in [2.05, 4.69) is 27.1 Å². The second-order valence-electron chi connectivity index (χ2n) is 10.8. The predicted molar refractivity (Wildman–Crippen MR) is 164 cm³/mol. The van der Waals surface area contributed by atoms with Gasteiger partial charge in [-0.05, 0) is 56.3 Å². The number of ether oxygens (including phenoxy) is 1. The Bertz CT molecular complexity index is 1770. The molecule has 1 fully saturated rings. The van der Waals surface area contributed by atoms with Crippen LogP contribution in [0.25, 0.3) is 16.7 Å². The van der Waals surface area contributed by atoms with E-state index in [0.29, 0.717) is 52.2 Å². The molecule has 5 heterocycles. The molecule has 12 heteroatoms. The SMILES string of the molecule is CN1CCN(c2ccc(Nc3ncc4c(=O)n5n(c4n3)-c3ccc4c(c3)N(CCCC=CC5)C(=O)CO4)cc2Cl)CC1. The molecule has 1 saturated heterocycles. The highest BCUT2D eigenvalue weighted by molar-refractivity contribution is 6.33. The standard InChI is InChI=1S/C30H31ClN8O3/c1-35-12-14-36(15-13-35)24-8-6-20(16-23(24)31)33-30-32-18-22-28(34-30)39-21-7-9-26-25(17-21)37(27(40)19-42-26)10-4-2-3-5-11-38(39)29(22)41/h3,5-9,16-18H,2,4,10-15,19H2,1H3,(H,32,33,34). The van der Waals surface area contributed by atoms with Gasteiger partial charge in [-0.3, -0.25) is 9.59 Å². The lowest BCUT2D eigenvalue weighted by atomic mass is 10.1. The molecule has 0 spiro atoms. The first-order valence-corrected chi connectivity index (χ1v) is 14.6. The number of carbonyl (C=O) groups excluding carboxylic acids is 1. The van der Waals surface area contributed by atoms with Gasteiger partial charge in [-0.25, -0.2) is 14.3 Å². The van der Waals surface area contributed by atoms with E-state index in [-0.39, 0.29) is 18.1 Å². The summed E-state index contributed by atoms with van der Waals surface area (Å²) in [5.74, 6) is 0.901. The molecular formula is C30H31ClN8O3. The second kappa shape index (κ2) is 10.8. The van der Waals surface area contributed by atoms with Crippen LogP contribution in [-0.4, -0.2) is 76.5 Å². The summed E-state index contributed by atoms with van der Waals surface area (Å²) >= 11 is 6.71. The summed E-state index contributed by atoms with van der Waals surface area (Å²) in [4.78, 5) is 41.9. The van der Waals surface area contributed by atoms with Crippen LogP contribution < -0.4 is 25.4 Å². The van der Waals surface area contributed by atoms with E-state index in [0.717, 1.165) is 50.4 Å². The number of benzene rings is 2. The number of hydrogen-bond acceptors (Lipinski definition) is 8. The van der Waals surface area contributed by atoms with Crippen molar-refractivity contribution in [1.82, 2.24) is 24.2 Å². The molecule has 11 nitrogen and oxygen atoms in total. The minimum Gasteiger partial charge on any atom is -0.482 e. The van der Waals surface area contributed by atoms with Crippen LogP contribution in [0.3, 0.4) is 0 Å². The van der Waals surface area contributed by atoms with E-state index in [4.69, 9.17) is 21.3 Å². The zero-order valence-electron chi connectivity index (χ0n) is 23.3. The third-order valence-electron chi connectivity index (χ3n) is 8.05. The minimum absolute atomic E-state index is 0.0158. The van der Waals surface area contributed by atoms with Gasteiger partial charge in [0.05, 0.1) is 28.6 Å². The van der Waals surface area contributed by atoms with Gasteiger partial charge < -0.3 is 24.8 Å². The fourth-order valence-electron chi connectivity index (χ4n) is 5.76. The molecule has 0 unspecified atom stereocenters. The Balaban J connectivity index is 1.28. The first-order valence-electron chi connectivity index (χ1n) is 14.2. The summed E-state index contributed by atoms with van der Waals surface area (Å²) in [6, 6.07) is 11.5. The van der Waals surface area contributed by atoms with Crippen LogP contribution in [0.5, 0.6) is 5.75 Å². The third kappa shape index (κ3) is 4.78. The maximum absolute atomic E-state index is 13.6. The maximum Gasteiger partial charge on any atom is 0.278 e. The number of anilines is 4. The number of likely N-dealkylation sites (N-methyl/N-ethyl adjacent to an activating group) is 1. The molecule has 216 valence electrons. The van der Waals surface area contributed by atoms with Crippen molar-refractivity contribution >= 4 is 51.6 Å². The summed E-state index contributed by atoms with van der Waals surface area (Å²) in [5.41, 5.74) is 3.40. The number of allylic oxidation sites excluding steroid dienone is 2. The molecule has 2 aromatic carbocycles. The predicted octanol–water partition coefficient (Wildman–Crippen LogP) is 3.81. The highest BCUT2D eigenvalue weighted by atomic mass is 35.5. The molecule has 42 heavy (non-hydrogen) atoms. The van der Waals surface area contributed by atoms with Crippen molar-refractivity contribution < 1.29 is 9.53 Å². The molecule has 4 aromatic rings. The zero-order chi connectivity index (χ0) is 28.8. The topological polar surface area (TPSA) is 101 Å². The fourth-order valence-corrected chi connectivity index (χ4v) is 6.06. The summed E-state index contributed by atoms with van der Waals surface area (Å²) in [7, 11) is 2.13. The van der Waals surface area contributed by atoms with Gasteiger partial charge in [0, 0.05) is 44.6 Å². The molecule has 3 aliphatic heterocycles. The molecule has 1 amide bonds. The second-order valence-corrected chi connectivity index (χ2v) is 11.2. The van der Waals surface area contributed by atoms with Crippen molar-refractivity contribution in [2.24, 2.45) is 0 Å². The fraction of sp³-hybridized carbons (Fsp3) is 0.333. The van der Waals surface area contributed by atoms with E-state index in [1.165, 1.54) is 0 Å². The normalized spacial score (nSPS) is 17.4. The number of piperazine rings is 1. The smallest absolute Gasteiger partial charge is 0.278 e. The van der Waals surface area contributed by atoms with Crippen molar-refractivity contribution in [3.05, 3.63) is 70.1 Å². The van der Waals surface area contributed by atoms with Crippen LogP contribution in [0.2, 0.25) is 5.02 Å². The van der Waals surface area contributed by atoms with Gasteiger partial charge in [0.15, 0.2) is 12.3 Å². The number of rotatable bonds is 3. The number of nitrogens with zero attached hydrogens (tertiary/aromatic N) is 7. The van der Waals surface area contributed by atoms with E-state index in [1.54, 1.807) is 20.5 Å². The Morgan fingerprint density at radius 2 is 1.83 bits per heavy atom. The van der Waals surface area contributed by atoms with Crippen LogP contribution in [0.15, 0.2) is 59.5 Å². The molecule has 0 atom stereocenters. The van der Waals surface area contributed by atoms with E-state index in [1.807, 2.05) is 48.6 Å². The summed E-state index contributed by atoms with van der Waals surface area (Å²) in [6.07, 6.45) is 7.18. The minimum atomic E-state index is -0.195. The van der Waals surface area contributed by atoms with Gasteiger partial charge in [-0.15, -0.1) is 0 Å². The number of nitrogens with one attached hydrogen (secondary N) is 1. The number of hydrogen-bond donors (Lipinski definition) is 1. The Hall–Kier alpha value is -4.35. The average Bonchev–Trinajstić information content (AvgIpc) is 3.26. The van der Waals surface area contributed by atoms with Gasteiger partial charge >= 0.3 is 0 Å². The summed E-state index contributed by atoms with van der Waals surface area (Å²) in [6.45, 7) is 4.81. The molecule has 0 radical (unpaired) electrons.